The number of anilines is 1. The molecule has 0 radical (unpaired) electrons. The molecule has 0 spiro atoms. The van der Waals surface area contributed by atoms with E-state index in [9.17, 15) is 31.6 Å². The minimum absolute atomic E-state index is 0.240. The van der Waals surface area contributed by atoms with E-state index in [-0.39, 0.29) is 16.7 Å². The molecule has 0 aliphatic carbocycles. The van der Waals surface area contributed by atoms with E-state index in [1.54, 1.807) is 6.07 Å². The molecule has 0 aliphatic heterocycles. The molecule has 0 unspecified atom stereocenters. The molecule has 0 saturated heterocycles. The summed E-state index contributed by atoms with van der Waals surface area (Å²) in [6.07, 6.45) is 0. The van der Waals surface area contributed by atoms with Crippen LogP contribution in [0.4, 0.5) is 19.0 Å². The fourth-order valence-corrected chi connectivity index (χ4v) is 2.89. The molecule has 1 aromatic heterocycles. The third-order valence-electron chi connectivity index (χ3n) is 3.21. The van der Waals surface area contributed by atoms with Gasteiger partial charge in [-0.3, -0.25) is 4.79 Å². The van der Waals surface area contributed by atoms with Gasteiger partial charge in [-0.25, -0.2) is 8.42 Å². The molecule has 0 amide bonds. The first-order chi connectivity index (χ1) is 11.5. The van der Waals surface area contributed by atoms with Gasteiger partial charge in [-0.15, -0.1) is 0 Å². The van der Waals surface area contributed by atoms with Gasteiger partial charge in [0.1, 0.15) is 29.1 Å². The van der Waals surface area contributed by atoms with Gasteiger partial charge >= 0.3 is 5.51 Å². The Hall–Kier alpha value is -3.31. The largest absolute Gasteiger partial charge is 0.501 e. The average molecular weight is 368 g/mol. The first-order valence-electron chi connectivity index (χ1n) is 6.32. The summed E-state index contributed by atoms with van der Waals surface area (Å²) in [6.45, 7) is 0. The lowest BCUT2D eigenvalue weighted by atomic mass is 9.97. The van der Waals surface area contributed by atoms with Crippen LogP contribution in [0.1, 0.15) is 11.1 Å². The molecule has 3 N–H and O–H groups in total. The smallest absolute Gasteiger partial charge is 0.384 e. The monoisotopic (exact) mass is 368 g/mol. The normalized spacial score (nSPS) is 11.6. The van der Waals surface area contributed by atoms with Crippen molar-refractivity contribution in [3.63, 3.8) is 0 Å². The number of halogens is 3. The Morgan fingerprint density at radius 3 is 2.24 bits per heavy atom. The number of pyridine rings is 1. The molecule has 2 aromatic rings. The van der Waals surface area contributed by atoms with Crippen LogP contribution in [0.3, 0.4) is 0 Å². The molecule has 0 saturated carbocycles. The molecule has 0 bridgehead atoms. The SMILES string of the molecule is N#Cc1c(N)[nH]c(=O)c(C#N)c1-c1cccc(S(=O)(=O)C(F)(F)F)c1. The van der Waals surface area contributed by atoms with Crippen molar-refractivity contribution < 1.29 is 21.6 Å². The number of aromatic nitrogens is 1. The number of nitrogens with one attached hydrogen (secondary N) is 1. The summed E-state index contributed by atoms with van der Waals surface area (Å²) < 4.78 is 61.2. The van der Waals surface area contributed by atoms with Crippen molar-refractivity contribution in [2.24, 2.45) is 0 Å². The van der Waals surface area contributed by atoms with Crippen LogP contribution in [0.25, 0.3) is 11.1 Å². The maximum absolute atomic E-state index is 12.7. The highest BCUT2D eigenvalue weighted by Gasteiger charge is 2.46. The zero-order chi connectivity index (χ0) is 19.0. The Labute approximate surface area is 138 Å². The molecule has 0 fully saturated rings. The van der Waals surface area contributed by atoms with Gasteiger partial charge in [0.2, 0.25) is 0 Å². The molecule has 1 aromatic carbocycles. The Bertz CT molecular complexity index is 1110. The first-order valence-corrected chi connectivity index (χ1v) is 7.80. The Morgan fingerprint density at radius 1 is 1.12 bits per heavy atom. The lowest BCUT2D eigenvalue weighted by molar-refractivity contribution is -0.0435. The van der Waals surface area contributed by atoms with Crippen molar-refractivity contribution in [1.82, 2.24) is 4.98 Å². The van der Waals surface area contributed by atoms with Gasteiger partial charge in [0.05, 0.1) is 4.90 Å². The number of hydrogen-bond donors (Lipinski definition) is 2. The standard InChI is InChI=1S/C14H7F3N4O3S/c15-14(16,17)25(23,24)8-3-1-2-7(4-8)11-9(5-18)12(20)21-13(22)10(11)6-19/h1-4H,(H3,20,21,22). The van der Waals surface area contributed by atoms with Crippen molar-refractivity contribution in [2.75, 3.05) is 5.73 Å². The predicted molar refractivity (Wildman–Crippen MR) is 79.6 cm³/mol. The van der Waals surface area contributed by atoms with Crippen molar-refractivity contribution >= 4 is 15.7 Å². The van der Waals surface area contributed by atoms with Gasteiger partial charge in [0.25, 0.3) is 15.4 Å². The maximum Gasteiger partial charge on any atom is 0.501 e. The zero-order valence-electron chi connectivity index (χ0n) is 12.0. The average Bonchev–Trinajstić information content (AvgIpc) is 2.53. The van der Waals surface area contributed by atoms with E-state index in [1.807, 2.05) is 0 Å². The topological polar surface area (TPSA) is 141 Å². The van der Waals surface area contributed by atoms with E-state index in [1.165, 1.54) is 6.07 Å². The molecule has 128 valence electrons. The van der Waals surface area contributed by atoms with E-state index in [2.05, 4.69) is 4.98 Å². The van der Waals surface area contributed by atoms with Gasteiger partial charge in [0.15, 0.2) is 0 Å². The second-order valence-electron chi connectivity index (χ2n) is 4.69. The van der Waals surface area contributed by atoms with Gasteiger partial charge in [-0.1, -0.05) is 12.1 Å². The number of hydrogen-bond acceptors (Lipinski definition) is 6. The van der Waals surface area contributed by atoms with Crippen LogP contribution in [0.15, 0.2) is 34.0 Å². The molecular weight excluding hydrogens is 361 g/mol. The summed E-state index contributed by atoms with van der Waals surface area (Å²) in [4.78, 5) is 12.8. The zero-order valence-corrected chi connectivity index (χ0v) is 12.9. The van der Waals surface area contributed by atoms with Gasteiger partial charge < -0.3 is 10.7 Å². The number of alkyl halides is 3. The summed E-state index contributed by atoms with van der Waals surface area (Å²) in [7, 11) is -5.65. The molecule has 11 heteroatoms. The molecule has 7 nitrogen and oxygen atoms in total. The van der Waals surface area contributed by atoms with Gasteiger partial charge in [-0.2, -0.15) is 23.7 Å². The predicted octanol–water partition coefficient (Wildman–Crippen LogP) is 1.66. The highest BCUT2D eigenvalue weighted by atomic mass is 32.2. The second-order valence-corrected chi connectivity index (χ2v) is 6.63. The highest BCUT2D eigenvalue weighted by Crippen LogP contribution is 2.34. The Kier molecular flexibility index (Phi) is 4.30. The van der Waals surface area contributed by atoms with Crippen LogP contribution in [-0.2, 0) is 9.84 Å². The van der Waals surface area contributed by atoms with Crippen LogP contribution < -0.4 is 11.3 Å². The Morgan fingerprint density at radius 2 is 1.72 bits per heavy atom. The summed E-state index contributed by atoms with van der Waals surface area (Å²) in [5.41, 5.74) is -2.51. The number of sulfone groups is 1. The number of aromatic amines is 1. The molecule has 2 rings (SSSR count). The lowest BCUT2D eigenvalue weighted by Crippen LogP contribution is -2.23. The number of H-pyrrole nitrogens is 1. The summed E-state index contributed by atoms with van der Waals surface area (Å²) >= 11 is 0. The van der Waals surface area contributed by atoms with Crippen LogP contribution in [0.2, 0.25) is 0 Å². The van der Waals surface area contributed by atoms with Crippen LogP contribution in [0.5, 0.6) is 0 Å². The van der Waals surface area contributed by atoms with Gasteiger partial charge in [0, 0.05) is 5.56 Å². The lowest BCUT2D eigenvalue weighted by Gasteiger charge is -2.12. The highest BCUT2D eigenvalue weighted by molar-refractivity contribution is 7.92. The molecule has 0 aliphatic rings. The van der Waals surface area contributed by atoms with Crippen molar-refractivity contribution in [3.05, 3.63) is 45.7 Å². The third-order valence-corrected chi connectivity index (χ3v) is 4.69. The van der Waals surface area contributed by atoms with Gasteiger partial charge in [-0.05, 0) is 17.7 Å². The molecular formula is C14H7F3N4O3S. The Balaban J connectivity index is 2.88. The quantitative estimate of drug-likeness (QED) is 0.826. The number of nitriles is 2. The summed E-state index contributed by atoms with van der Waals surface area (Å²) in [5.74, 6) is -0.398. The second kappa shape index (κ2) is 5.96. The van der Waals surface area contributed by atoms with E-state index in [4.69, 9.17) is 11.0 Å². The van der Waals surface area contributed by atoms with E-state index in [0.717, 1.165) is 12.1 Å². The molecule has 0 atom stereocenters. The number of rotatable bonds is 2. The molecule has 25 heavy (non-hydrogen) atoms. The van der Waals surface area contributed by atoms with Crippen molar-refractivity contribution in [3.8, 4) is 23.3 Å². The fourth-order valence-electron chi connectivity index (χ4n) is 2.08. The summed E-state index contributed by atoms with van der Waals surface area (Å²) in [6, 6.07) is 6.65. The van der Waals surface area contributed by atoms with E-state index < -0.39 is 37.2 Å². The number of nitrogens with two attached hydrogens (primary N) is 1. The van der Waals surface area contributed by atoms with Crippen molar-refractivity contribution in [2.45, 2.75) is 10.4 Å². The number of benzene rings is 1. The summed E-state index contributed by atoms with van der Waals surface area (Å²) in [5, 5.41) is 18.3. The van der Waals surface area contributed by atoms with Crippen molar-refractivity contribution in [1.29, 1.82) is 10.5 Å². The van der Waals surface area contributed by atoms with Crippen LogP contribution in [-0.4, -0.2) is 18.9 Å². The number of nitrogens with zero attached hydrogens (tertiary/aromatic N) is 2. The minimum atomic E-state index is -5.65. The first kappa shape index (κ1) is 18.0. The molecule has 1 heterocycles. The third kappa shape index (κ3) is 2.93. The fraction of sp³-hybridized carbons (Fsp3) is 0.0714. The maximum atomic E-state index is 12.7. The van der Waals surface area contributed by atoms with Crippen LogP contribution >= 0.6 is 0 Å². The number of nitrogen functional groups attached to an aromatic ring is 1. The minimum Gasteiger partial charge on any atom is -0.384 e. The van der Waals surface area contributed by atoms with E-state index in [0.29, 0.717) is 12.1 Å². The van der Waals surface area contributed by atoms with E-state index >= 15 is 0 Å². The van der Waals surface area contributed by atoms with Crippen LogP contribution in [0, 0.1) is 22.7 Å².